The Bertz CT molecular complexity index is 294. The molecule has 0 heterocycles. The molecule has 0 saturated carbocycles. The van der Waals surface area contributed by atoms with Crippen molar-refractivity contribution in [2.75, 3.05) is 6.61 Å². The lowest BCUT2D eigenvalue weighted by Gasteiger charge is -2.05. The molecule has 0 aliphatic carbocycles. The van der Waals surface area contributed by atoms with Crippen LogP contribution < -0.4 is 5.73 Å². The number of rotatable bonds is 10. The zero-order valence-electron chi connectivity index (χ0n) is 11.7. The van der Waals surface area contributed by atoms with E-state index < -0.39 is 0 Å². The molecule has 1 rings (SSSR count). The van der Waals surface area contributed by atoms with Crippen molar-refractivity contribution in [2.45, 2.75) is 58.6 Å². The molecule has 0 amide bonds. The molecule has 102 valence electrons. The van der Waals surface area contributed by atoms with Gasteiger partial charge in [-0.2, -0.15) is 0 Å². The van der Waals surface area contributed by atoms with Crippen LogP contribution in [0.5, 0.6) is 0 Å². The van der Waals surface area contributed by atoms with Crippen LogP contribution in [-0.2, 0) is 17.9 Å². The third-order valence-electron chi connectivity index (χ3n) is 3.17. The average molecular weight is 249 g/mol. The van der Waals surface area contributed by atoms with E-state index in [1.807, 2.05) is 0 Å². The van der Waals surface area contributed by atoms with E-state index in [1.54, 1.807) is 0 Å². The molecule has 0 aliphatic rings. The molecule has 0 aromatic heterocycles. The van der Waals surface area contributed by atoms with Gasteiger partial charge in [-0.05, 0) is 17.5 Å². The molecule has 2 N–H and O–H groups in total. The molecule has 0 radical (unpaired) electrons. The predicted molar refractivity (Wildman–Crippen MR) is 77.4 cm³/mol. The molecule has 1 aromatic rings. The van der Waals surface area contributed by atoms with Gasteiger partial charge in [0.1, 0.15) is 0 Å². The third kappa shape index (κ3) is 6.77. The van der Waals surface area contributed by atoms with Gasteiger partial charge in [0.2, 0.25) is 0 Å². The summed E-state index contributed by atoms with van der Waals surface area (Å²) in [5, 5.41) is 0. The first kappa shape index (κ1) is 15.2. The topological polar surface area (TPSA) is 35.2 Å². The minimum atomic E-state index is 0.610. The number of benzene rings is 1. The quantitative estimate of drug-likeness (QED) is 0.636. The van der Waals surface area contributed by atoms with Crippen molar-refractivity contribution in [3.63, 3.8) is 0 Å². The van der Waals surface area contributed by atoms with Crippen LogP contribution in [0.3, 0.4) is 0 Å². The Labute approximate surface area is 112 Å². The summed E-state index contributed by atoms with van der Waals surface area (Å²) in [5.74, 6) is 0. The van der Waals surface area contributed by atoms with Gasteiger partial charge < -0.3 is 10.5 Å². The highest BCUT2D eigenvalue weighted by Gasteiger charge is 1.95. The van der Waals surface area contributed by atoms with Crippen molar-refractivity contribution >= 4 is 0 Å². The van der Waals surface area contributed by atoms with Gasteiger partial charge in [-0.25, -0.2) is 0 Å². The van der Waals surface area contributed by atoms with Crippen LogP contribution in [0.2, 0.25) is 0 Å². The summed E-state index contributed by atoms with van der Waals surface area (Å²) in [6, 6.07) is 8.35. The number of nitrogens with two attached hydrogens (primary N) is 1. The first-order valence-electron chi connectivity index (χ1n) is 7.22. The van der Waals surface area contributed by atoms with E-state index in [-0.39, 0.29) is 0 Å². The van der Waals surface area contributed by atoms with Crippen molar-refractivity contribution in [3.05, 3.63) is 35.4 Å². The monoisotopic (exact) mass is 249 g/mol. The molecule has 0 bridgehead atoms. The second kappa shape index (κ2) is 10.1. The summed E-state index contributed by atoms with van der Waals surface area (Å²) >= 11 is 0. The van der Waals surface area contributed by atoms with Gasteiger partial charge in [0, 0.05) is 13.2 Å². The molecular weight excluding hydrogens is 222 g/mol. The van der Waals surface area contributed by atoms with Gasteiger partial charge in [0.25, 0.3) is 0 Å². The Morgan fingerprint density at radius 3 is 2.17 bits per heavy atom. The van der Waals surface area contributed by atoms with E-state index in [1.165, 1.54) is 49.7 Å². The number of hydrogen-bond donors (Lipinski definition) is 1. The van der Waals surface area contributed by atoms with Gasteiger partial charge in [0.15, 0.2) is 0 Å². The van der Waals surface area contributed by atoms with Crippen molar-refractivity contribution < 1.29 is 4.74 Å². The van der Waals surface area contributed by atoms with Crippen LogP contribution in [0.25, 0.3) is 0 Å². The van der Waals surface area contributed by atoms with E-state index >= 15 is 0 Å². The first-order valence-corrected chi connectivity index (χ1v) is 7.22. The molecule has 0 spiro atoms. The molecule has 0 saturated heterocycles. The van der Waals surface area contributed by atoms with E-state index in [4.69, 9.17) is 10.5 Å². The van der Waals surface area contributed by atoms with Crippen LogP contribution >= 0.6 is 0 Å². The average Bonchev–Trinajstić information content (AvgIpc) is 2.42. The Balaban J connectivity index is 2.00. The zero-order valence-corrected chi connectivity index (χ0v) is 11.7. The van der Waals surface area contributed by atoms with Crippen LogP contribution in [0, 0.1) is 0 Å². The predicted octanol–water partition coefficient (Wildman–Crippen LogP) is 4.02. The summed E-state index contributed by atoms with van der Waals surface area (Å²) < 4.78 is 5.67. The Morgan fingerprint density at radius 1 is 0.889 bits per heavy atom. The Kier molecular flexibility index (Phi) is 8.53. The standard InChI is InChI=1S/C16H27NO/c1-2-3-4-5-6-7-12-18-14-16-10-8-15(13-17)9-11-16/h8-11H,2-7,12-14,17H2,1H3. The summed E-state index contributed by atoms with van der Waals surface area (Å²) in [6.07, 6.45) is 7.89. The minimum absolute atomic E-state index is 0.610. The fraction of sp³-hybridized carbons (Fsp3) is 0.625. The van der Waals surface area contributed by atoms with Crippen molar-refractivity contribution in [1.82, 2.24) is 0 Å². The fourth-order valence-electron chi connectivity index (χ4n) is 1.95. The van der Waals surface area contributed by atoms with E-state index in [9.17, 15) is 0 Å². The minimum Gasteiger partial charge on any atom is -0.377 e. The summed E-state index contributed by atoms with van der Waals surface area (Å²) in [6.45, 7) is 4.46. The van der Waals surface area contributed by atoms with Crippen LogP contribution in [-0.4, -0.2) is 6.61 Å². The maximum Gasteiger partial charge on any atom is 0.0716 e. The normalized spacial score (nSPS) is 10.8. The lowest BCUT2D eigenvalue weighted by atomic mass is 10.1. The largest absolute Gasteiger partial charge is 0.377 e. The summed E-state index contributed by atoms with van der Waals surface area (Å²) in [4.78, 5) is 0. The Morgan fingerprint density at radius 2 is 1.50 bits per heavy atom. The zero-order chi connectivity index (χ0) is 13.1. The van der Waals surface area contributed by atoms with Gasteiger partial charge in [-0.3, -0.25) is 0 Å². The van der Waals surface area contributed by atoms with Crippen molar-refractivity contribution in [1.29, 1.82) is 0 Å². The maximum absolute atomic E-state index is 5.67. The Hall–Kier alpha value is -0.860. The van der Waals surface area contributed by atoms with Crippen LogP contribution in [0.1, 0.15) is 56.6 Å². The smallest absolute Gasteiger partial charge is 0.0716 e. The molecule has 2 heteroatoms. The summed E-state index contributed by atoms with van der Waals surface area (Å²) in [5.41, 5.74) is 7.97. The molecule has 0 fully saturated rings. The van der Waals surface area contributed by atoms with E-state index in [2.05, 4.69) is 31.2 Å². The summed E-state index contributed by atoms with van der Waals surface area (Å²) in [7, 11) is 0. The highest BCUT2D eigenvalue weighted by molar-refractivity contribution is 5.21. The molecular formula is C16H27NO. The molecule has 0 aliphatic heterocycles. The van der Waals surface area contributed by atoms with Crippen molar-refractivity contribution in [2.24, 2.45) is 5.73 Å². The van der Waals surface area contributed by atoms with Crippen LogP contribution in [0.15, 0.2) is 24.3 Å². The molecule has 0 unspecified atom stereocenters. The maximum atomic E-state index is 5.67. The number of hydrogen-bond acceptors (Lipinski definition) is 2. The highest BCUT2D eigenvalue weighted by Crippen LogP contribution is 2.07. The SMILES string of the molecule is CCCCCCCCOCc1ccc(CN)cc1. The lowest BCUT2D eigenvalue weighted by molar-refractivity contribution is 0.116. The molecule has 18 heavy (non-hydrogen) atoms. The molecule has 2 nitrogen and oxygen atoms in total. The first-order chi connectivity index (χ1) is 8.86. The second-order valence-electron chi connectivity index (χ2n) is 4.84. The number of unbranched alkanes of at least 4 members (excludes halogenated alkanes) is 5. The van der Waals surface area contributed by atoms with Gasteiger partial charge >= 0.3 is 0 Å². The van der Waals surface area contributed by atoms with Crippen LogP contribution in [0.4, 0.5) is 0 Å². The lowest BCUT2D eigenvalue weighted by Crippen LogP contribution is -1.98. The fourth-order valence-corrected chi connectivity index (χ4v) is 1.95. The second-order valence-corrected chi connectivity index (χ2v) is 4.84. The third-order valence-corrected chi connectivity index (χ3v) is 3.17. The van der Waals surface area contributed by atoms with Gasteiger partial charge in [-0.15, -0.1) is 0 Å². The molecule has 0 atom stereocenters. The van der Waals surface area contributed by atoms with E-state index in [0.717, 1.165) is 13.2 Å². The van der Waals surface area contributed by atoms with Gasteiger partial charge in [-0.1, -0.05) is 63.3 Å². The van der Waals surface area contributed by atoms with Crippen molar-refractivity contribution in [3.8, 4) is 0 Å². The van der Waals surface area contributed by atoms with E-state index in [0.29, 0.717) is 6.54 Å². The highest BCUT2D eigenvalue weighted by atomic mass is 16.5. The molecule has 1 aromatic carbocycles. The van der Waals surface area contributed by atoms with Gasteiger partial charge in [0.05, 0.1) is 6.61 Å². The number of ether oxygens (including phenoxy) is 1.